The Hall–Kier alpha value is -0.540. The first-order valence-corrected chi connectivity index (χ1v) is 3.54. The Bertz CT molecular complexity index is 135. The Kier molecular flexibility index (Phi) is 3.55. The molecule has 0 aliphatic heterocycles. The van der Waals surface area contributed by atoms with Crippen LogP contribution >= 0.6 is 0 Å². The minimum absolute atomic E-state index is 0.259. The maximum absolute atomic E-state index is 11.7. The predicted octanol–water partition coefficient (Wildman–Crippen LogP) is 2.55. The first-order valence-electron chi connectivity index (χ1n) is 3.54. The van der Waals surface area contributed by atoms with E-state index in [0.29, 0.717) is 0 Å². The van der Waals surface area contributed by atoms with Crippen LogP contribution in [0.15, 0.2) is 0 Å². The summed E-state index contributed by atoms with van der Waals surface area (Å²) in [5.41, 5.74) is 0. The van der Waals surface area contributed by atoms with Crippen molar-refractivity contribution in [2.75, 3.05) is 0 Å². The van der Waals surface area contributed by atoms with Gasteiger partial charge in [-0.05, 0) is 12.8 Å². The Morgan fingerprint density at radius 3 is 1.73 bits per heavy atom. The highest BCUT2D eigenvalue weighted by Crippen LogP contribution is 2.24. The molecular formula is C7H11F3O. The fourth-order valence-electron chi connectivity index (χ4n) is 0.891. The normalized spacial score (nSPS) is 12.2. The molecule has 0 amide bonds. The minimum atomic E-state index is -4.66. The van der Waals surface area contributed by atoms with E-state index in [1.165, 1.54) is 0 Å². The summed E-state index contributed by atoms with van der Waals surface area (Å²) in [5, 5.41) is 0. The van der Waals surface area contributed by atoms with Gasteiger partial charge in [0.2, 0.25) is 5.78 Å². The first kappa shape index (κ1) is 10.5. The lowest BCUT2D eigenvalue weighted by Gasteiger charge is -2.12. The molecule has 4 heteroatoms. The molecule has 0 aromatic rings. The summed E-state index contributed by atoms with van der Waals surface area (Å²) in [7, 11) is 0. The topological polar surface area (TPSA) is 17.1 Å². The zero-order valence-corrected chi connectivity index (χ0v) is 6.53. The van der Waals surface area contributed by atoms with E-state index < -0.39 is 17.9 Å². The third-order valence-electron chi connectivity index (χ3n) is 1.64. The van der Waals surface area contributed by atoms with Gasteiger partial charge in [-0.15, -0.1) is 0 Å². The van der Waals surface area contributed by atoms with Crippen LogP contribution in [-0.2, 0) is 4.79 Å². The quantitative estimate of drug-likeness (QED) is 0.632. The average Bonchev–Trinajstić information content (AvgIpc) is 1.88. The fourth-order valence-corrected chi connectivity index (χ4v) is 0.891. The van der Waals surface area contributed by atoms with Gasteiger partial charge in [-0.3, -0.25) is 4.79 Å². The summed E-state index contributed by atoms with van der Waals surface area (Å²) >= 11 is 0. The lowest BCUT2D eigenvalue weighted by atomic mass is 9.98. The highest BCUT2D eigenvalue weighted by atomic mass is 19.4. The standard InChI is InChI=1S/C7H11F3O/c1-3-5(4-2)6(11)7(8,9)10/h5H,3-4H2,1-2H3. The molecule has 0 fully saturated rings. The van der Waals surface area contributed by atoms with Gasteiger partial charge < -0.3 is 0 Å². The van der Waals surface area contributed by atoms with Crippen LogP contribution in [0, 0.1) is 5.92 Å². The molecule has 0 N–H and O–H groups in total. The Balaban J connectivity index is 4.22. The van der Waals surface area contributed by atoms with Gasteiger partial charge in [-0.1, -0.05) is 13.8 Å². The molecule has 0 heterocycles. The van der Waals surface area contributed by atoms with Gasteiger partial charge >= 0.3 is 6.18 Å². The third-order valence-corrected chi connectivity index (χ3v) is 1.64. The number of carbonyl (C=O) groups is 1. The van der Waals surface area contributed by atoms with Crippen molar-refractivity contribution in [2.24, 2.45) is 5.92 Å². The number of carbonyl (C=O) groups excluding carboxylic acids is 1. The van der Waals surface area contributed by atoms with Gasteiger partial charge in [-0.2, -0.15) is 13.2 Å². The smallest absolute Gasteiger partial charge is 0.289 e. The summed E-state index contributed by atoms with van der Waals surface area (Å²) in [4.78, 5) is 10.5. The molecule has 0 rings (SSSR count). The summed E-state index contributed by atoms with van der Waals surface area (Å²) in [5.74, 6) is -2.45. The molecule has 0 saturated heterocycles. The summed E-state index contributed by atoms with van der Waals surface area (Å²) in [6.07, 6.45) is -4.14. The molecule has 0 aliphatic carbocycles. The third kappa shape index (κ3) is 2.91. The van der Waals surface area contributed by atoms with E-state index in [-0.39, 0.29) is 12.8 Å². The number of hydrogen-bond acceptors (Lipinski definition) is 1. The van der Waals surface area contributed by atoms with Crippen LogP contribution in [-0.4, -0.2) is 12.0 Å². The van der Waals surface area contributed by atoms with Crippen LogP contribution in [0.1, 0.15) is 26.7 Å². The van der Waals surface area contributed by atoms with Crippen molar-refractivity contribution >= 4 is 5.78 Å². The van der Waals surface area contributed by atoms with E-state index in [9.17, 15) is 18.0 Å². The van der Waals surface area contributed by atoms with Gasteiger partial charge in [0.25, 0.3) is 0 Å². The maximum Gasteiger partial charge on any atom is 0.450 e. The van der Waals surface area contributed by atoms with Crippen LogP contribution in [0.2, 0.25) is 0 Å². The van der Waals surface area contributed by atoms with E-state index in [4.69, 9.17) is 0 Å². The summed E-state index contributed by atoms with van der Waals surface area (Å²) < 4.78 is 35.2. The van der Waals surface area contributed by atoms with Gasteiger partial charge in [0, 0.05) is 5.92 Å². The van der Waals surface area contributed by atoms with Crippen molar-refractivity contribution in [3.8, 4) is 0 Å². The molecule has 0 radical (unpaired) electrons. The molecule has 0 atom stereocenters. The summed E-state index contributed by atoms with van der Waals surface area (Å²) in [6.45, 7) is 3.16. The van der Waals surface area contributed by atoms with Crippen molar-refractivity contribution in [2.45, 2.75) is 32.9 Å². The number of hydrogen-bond donors (Lipinski definition) is 0. The second kappa shape index (κ2) is 3.74. The van der Waals surface area contributed by atoms with E-state index in [1.54, 1.807) is 13.8 Å². The molecule has 0 bridgehead atoms. The second-order valence-electron chi connectivity index (χ2n) is 2.38. The fraction of sp³-hybridized carbons (Fsp3) is 0.857. The van der Waals surface area contributed by atoms with Crippen LogP contribution in [0.3, 0.4) is 0 Å². The molecule has 1 nitrogen and oxygen atoms in total. The molecule has 0 saturated carbocycles. The monoisotopic (exact) mass is 168 g/mol. The van der Waals surface area contributed by atoms with Crippen molar-refractivity contribution in [1.29, 1.82) is 0 Å². The highest BCUT2D eigenvalue weighted by molar-refractivity contribution is 5.86. The van der Waals surface area contributed by atoms with Gasteiger partial charge in [0.15, 0.2) is 0 Å². The second-order valence-corrected chi connectivity index (χ2v) is 2.38. The number of rotatable bonds is 3. The van der Waals surface area contributed by atoms with Crippen molar-refractivity contribution < 1.29 is 18.0 Å². The Labute approximate surface area is 63.6 Å². The molecule has 66 valence electrons. The van der Waals surface area contributed by atoms with Crippen LogP contribution in [0.5, 0.6) is 0 Å². The van der Waals surface area contributed by atoms with Gasteiger partial charge in [0.1, 0.15) is 0 Å². The number of alkyl halides is 3. The number of Topliss-reactive ketones (excluding diaryl/α,β-unsaturated/α-hetero) is 1. The van der Waals surface area contributed by atoms with Crippen LogP contribution < -0.4 is 0 Å². The van der Waals surface area contributed by atoms with Crippen molar-refractivity contribution in [3.63, 3.8) is 0 Å². The predicted molar refractivity (Wildman–Crippen MR) is 35.1 cm³/mol. The lowest BCUT2D eigenvalue weighted by molar-refractivity contribution is -0.175. The van der Waals surface area contributed by atoms with E-state index in [1.807, 2.05) is 0 Å². The molecule has 0 unspecified atom stereocenters. The Morgan fingerprint density at radius 1 is 1.27 bits per heavy atom. The lowest BCUT2D eigenvalue weighted by Crippen LogP contribution is -2.29. The van der Waals surface area contributed by atoms with Crippen LogP contribution in [0.25, 0.3) is 0 Å². The molecule has 0 aromatic heterocycles. The van der Waals surface area contributed by atoms with Gasteiger partial charge in [0.05, 0.1) is 0 Å². The number of halogens is 3. The minimum Gasteiger partial charge on any atom is -0.289 e. The van der Waals surface area contributed by atoms with E-state index in [2.05, 4.69) is 0 Å². The Morgan fingerprint density at radius 2 is 1.64 bits per heavy atom. The molecule has 0 aromatic carbocycles. The zero-order chi connectivity index (χ0) is 9.07. The largest absolute Gasteiger partial charge is 0.450 e. The first-order chi connectivity index (χ1) is 4.93. The average molecular weight is 168 g/mol. The number of ketones is 1. The van der Waals surface area contributed by atoms with Gasteiger partial charge in [-0.25, -0.2) is 0 Å². The van der Waals surface area contributed by atoms with Crippen molar-refractivity contribution in [3.05, 3.63) is 0 Å². The SMILES string of the molecule is CCC(CC)C(=O)C(F)(F)F. The maximum atomic E-state index is 11.7. The molecule has 0 aliphatic rings. The van der Waals surface area contributed by atoms with E-state index >= 15 is 0 Å². The molecular weight excluding hydrogens is 157 g/mol. The van der Waals surface area contributed by atoms with Crippen molar-refractivity contribution in [1.82, 2.24) is 0 Å². The zero-order valence-electron chi connectivity index (χ0n) is 6.53. The molecule has 0 spiro atoms. The molecule has 11 heavy (non-hydrogen) atoms. The summed E-state index contributed by atoms with van der Waals surface area (Å²) in [6, 6.07) is 0. The highest BCUT2D eigenvalue weighted by Gasteiger charge is 2.41. The van der Waals surface area contributed by atoms with E-state index in [0.717, 1.165) is 0 Å². The van der Waals surface area contributed by atoms with Crippen LogP contribution in [0.4, 0.5) is 13.2 Å².